The molecular weight excluding hydrogens is 208 g/mol. The van der Waals surface area contributed by atoms with E-state index in [0.717, 1.165) is 5.92 Å². The third kappa shape index (κ3) is 1.52. The third-order valence-corrected chi connectivity index (χ3v) is 4.83. The normalized spacial score (nSPS) is 56.3. The van der Waals surface area contributed by atoms with Gasteiger partial charge in [-0.3, -0.25) is 0 Å². The Labute approximate surface area is 98.1 Å². The molecule has 4 saturated carbocycles. The van der Waals surface area contributed by atoms with E-state index in [4.69, 9.17) is 5.53 Å². The van der Waals surface area contributed by atoms with Crippen LogP contribution in [0.3, 0.4) is 0 Å². The van der Waals surface area contributed by atoms with Crippen LogP contribution in [0.15, 0.2) is 5.11 Å². The van der Waals surface area contributed by atoms with Crippen LogP contribution in [0.25, 0.3) is 0 Å². The van der Waals surface area contributed by atoms with Crippen molar-refractivity contribution in [1.82, 2.24) is 0 Å². The van der Waals surface area contributed by atoms with E-state index in [1.807, 2.05) is 0 Å². The average Bonchev–Trinajstić information content (AvgIpc) is 1.97. The van der Waals surface area contributed by atoms with Gasteiger partial charge in [-0.2, -0.15) is 5.11 Å². The molecule has 1 N–H and O–H groups in total. The van der Waals surface area contributed by atoms with Crippen molar-refractivity contribution in [3.05, 3.63) is 0 Å². The Morgan fingerprint density at radius 2 is 1.53 bits per heavy atom. The van der Waals surface area contributed by atoms with E-state index in [1.165, 1.54) is 38.5 Å². The Morgan fingerprint density at radius 1 is 1.00 bits per heavy atom. The Hall–Kier alpha value is -0.110. The second-order valence-corrected chi connectivity index (χ2v) is 6.97. The second-order valence-electron chi connectivity index (χ2n) is 6.97. The Balaban J connectivity index is 0.000000853. The molecule has 86 valence electrons. The highest BCUT2D eigenvalue weighted by Crippen LogP contribution is 2.67. The molecule has 4 rings (SSSR count). The van der Waals surface area contributed by atoms with E-state index in [-0.39, 0.29) is 17.9 Å². The van der Waals surface area contributed by atoms with Gasteiger partial charge < -0.3 is 0 Å². The van der Waals surface area contributed by atoms with Crippen molar-refractivity contribution < 1.29 is 0 Å². The molecule has 4 fully saturated rings. The smallest absolute Gasteiger partial charge is 0.0826 e. The van der Waals surface area contributed by atoms with Crippen molar-refractivity contribution in [2.45, 2.75) is 57.9 Å². The predicted octanol–water partition coefficient (Wildman–Crippen LogP) is 4.19. The van der Waals surface area contributed by atoms with Crippen LogP contribution in [0.5, 0.6) is 0 Å². The van der Waals surface area contributed by atoms with Gasteiger partial charge in [0.2, 0.25) is 0 Å². The third-order valence-electron chi connectivity index (χ3n) is 4.83. The zero-order chi connectivity index (χ0) is 10.0. The summed E-state index contributed by atoms with van der Waals surface area (Å²) in [7, 11) is 0. The summed E-state index contributed by atoms with van der Waals surface area (Å²) in [4.78, 5) is 0. The number of hydrogen-bond acceptors (Lipinski definition) is 2. The molecule has 0 spiro atoms. The fourth-order valence-corrected chi connectivity index (χ4v) is 5.51. The minimum atomic E-state index is 0. The summed E-state index contributed by atoms with van der Waals surface area (Å²) in [6.45, 7) is 4.85. The Kier molecular flexibility index (Phi) is 2.25. The molecule has 2 unspecified atom stereocenters. The second kappa shape index (κ2) is 2.97. The standard InChI is InChI=1S/C12H20N2.ClH/c1-10-3-9-4-11(2,6-10)8-12(5-9,7-10)14-13;/h9,13H,3-8H2,1-2H3;1H/t9?,10-,11+,12?;. The molecule has 4 atom stereocenters. The fourth-order valence-electron chi connectivity index (χ4n) is 5.51. The van der Waals surface area contributed by atoms with Crippen molar-refractivity contribution in [3.8, 4) is 0 Å². The van der Waals surface area contributed by atoms with Crippen LogP contribution in [0.4, 0.5) is 0 Å². The van der Waals surface area contributed by atoms with E-state index in [9.17, 15) is 0 Å². The number of rotatable bonds is 1. The lowest BCUT2D eigenvalue weighted by Gasteiger charge is -2.63. The van der Waals surface area contributed by atoms with Gasteiger partial charge >= 0.3 is 0 Å². The van der Waals surface area contributed by atoms with Crippen molar-refractivity contribution in [1.29, 1.82) is 5.53 Å². The molecule has 3 heteroatoms. The molecular formula is C12H21ClN2. The molecule has 0 amide bonds. The molecule has 2 nitrogen and oxygen atoms in total. The molecule has 15 heavy (non-hydrogen) atoms. The molecule has 4 aliphatic rings. The van der Waals surface area contributed by atoms with Gasteiger partial charge in [0, 0.05) is 0 Å². The first-order chi connectivity index (χ1) is 6.47. The summed E-state index contributed by atoms with van der Waals surface area (Å²) in [5, 5.41) is 4.02. The van der Waals surface area contributed by atoms with Gasteiger partial charge in [0.1, 0.15) is 0 Å². The molecule has 0 radical (unpaired) electrons. The first-order valence-corrected chi connectivity index (χ1v) is 5.85. The van der Waals surface area contributed by atoms with E-state index in [2.05, 4.69) is 19.0 Å². The summed E-state index contributed by atoms with van der Waals surface area (Å²) in [5.74, 6) is 0.871. The molecule has 4 aliphatic carbocycles. The van der Waals surface area contributed by atoms with Crippen LogP contribution in [-0.4, -0.2) is 5.54 Å². The van der Waals surface area contributed by atoms with E-state index in [0.29, 0.717) is 10.8 Å². The minimum Gasteiger partial charge on any atom is -0.209 e. The fraction of sp³-hybridized carbons (Fsp3) is 1.00. The van der Waals surface area contributed by atoms with E-state index in [1.54, 1.807) is 0 Å². The van der Waals surface area contributed by atoms with Gasteiger partial charge in [0.15, 0.2) is 0 Å². The van der Waals surface area contributed by atoms with Crippen molar-refractivity contribution in [2.75, 3.05) is 0 Å². The van der Waals surface area contributed by atoms with Crippen LogP contribution < -0.4 is 0 Å². The number of halogens is 1. The SMILES string of the molecule is C[C@]12CC3CC(N=N)(C1)C[C@@](C)(C3)C2.Cl. The zero-order valence-corrected chi connectivity index (χ0v) is 10.5. The minimum absolute atomic E-state index is 0. The molecule has 0 heterocycles. The highest BCUT2D eigenvalue weighted by molar-refractivity contribution is 5.85. The van der Waals surface area contributed by atoms with Crippen molar-refractivity contribution >= 4 is 12.4 Å². The van der Waals surface area contributed by atoms with Gasteiger partial charge in [0.25, 0.3) is 0 Å². The monoisotopic (exact) mass is 228 g/mol. The maximum Gasteiger partial charge on any atom is 0.0826 e. The molecule has 0 aromatic carbocycles. The van der Waals surface area contributed by atoms with Crippen LogP contribution in [0.1, 0.15) is 52.4 Å². The van der Waals surface area contributed by atoms with Crippen LogP contribution in [0, 0.1) is 22.3 Å². The van der Waals surface area contributed by atoms with Gasteiger partial charge in [-0.15, -0.1) is 12.4 Å². The predicted molar refractivity (Wildman–Crippen MR) is 62.5 cm³/mol. The largest absolute Gasteiger partial charge is 0.209 e. The van der Waals surface area contributed by atoms with E-state index < -0.39 is 0 Å². The van der Waals surface area contributed by atoms with Crippen LogP contribution in [-0.2, 0) is 0 Å². The maximum absolute atomic E-state index is 7.48. The van der Waals surface area contributed by atoms with Crippen molar-refractivity contribution in [2.24, 2.45) is 21.9 Å². The number of nitrogens with zero attached hydrogens (tertiary/aromatic N) is 1. The summed E-state index contributed by atoms with van der Waals surface area (Å²) in [6, 6.07) is 0. The summed E-state index contributed by atoms with van der Waals surface area (Å²) in [6.07, 6.45) is 7.78. The highest BCUT2D eigenvalue weighted by atomic mass is 35.5. The number of nitrogens with one attached hydrogen (secondary N) is 1. The Morgan fingerprint density at radius 3 is 1.93 bits per heavy atom. The Bertz CT molecular complexity index is 284. The summed E-state index contributed by atoms with van der Waals surface area (Å²) < 4.78 is 0. The molecule has 0 aromatic heterocycles. The molecule has 0 aliphatic heterocycles. The van der Waals surface area contributed by atoms with Gasteiger partial charge in [-0.05, 0) is 55.3 Å². The molecule has 0 aromatic rings. The van der Waals surface area contributed by atoms with Gasteiger partial charge in [-0.25, -0.2) is 5.53 Å². The van der Waals surface area contributed by atoms with Crippen LogP contribution >= 0.6 is 12.4 Å². The zero-order valence-electron chi connectivity index (χ0n) is 9.68. The number of hydrogen-bond donors (Lipinski definition) is 1. The summed E-state index contributed by atoms with van der Waals surface area (Å²) in [5.41, 5.74) is 8.56. The lowest BCUT2D eigenvalue weighted by molar-refractivity contribution is -0.107. The molecule has 4 bridgehead atoms. The first kappa shape index (κ1) is 11.4. The van der Waals surface area contributed by atoms with Crippen LogP contribution in [0.2, 0.25) is 0 Å². The quantitative estimate of drug-likeness (QED) is 0.654. The highest BCUT2D eigenvalue weighted by Gasteiger charge is 2.60. The van der Waals surface area contributed by atoms with Gasteiger partial charge in [-0.1, -0.05) is 13.8 Å². The average molecular weight is 229 g/mol. The summed E-state index contributed by atoms with van der Waals surface area (Å²) >= 11 is 0. The lowest BCUT2D eigenvalue weighted by atomic mass is 9.43. The maximum atomic E-state index is 7.48. The van der Waals surface area contributed by atoms with E-state index >= 15 is 0 Å². The molecule has 0 saturated heterocycles. The topological polar surface area (TPSA) is 36.2 Å². The first-order valence-electron chi connectivity index (χ1n) is 5.85. The van der Waals surface area contributed by atoms with Gasteiger partial charge in [0.05, 0.1) is 5.54 Å². The van der Waals surface area contributed by atoms with Crippen molar-refractivity contribution in [3.63, 3.8) is 0 Å². The lowest BCUT2D eigenvalue weighted by Crippen LogP contribution is -2.57.